The maximum atomic E-state index is 12.7. The van der Waals surface area contributed by atoms with Crippen LogP contribution in [0.3, 0.4) is 0 Å². The van der Waals surface area contributed by atoms with Crippen molar-refractivity contribution < 1.29 is 16.8 Å². The first-order valence-corrected chi connectivity index (χ1v) is 11.4. The van der Waals surface area contributed by atoms with E-state index in [0.717, 1.165) is 5.56 Å². The van der Waals surface area contributed by atoms with Crippen LogP contribution in [0.2, 0.25) is 0 Å². The number of nitrogens with two attached hydrogens (primary N) is 1. The molecule has 0 unspecified atom stereocenters. The fourth-order valence-corrected chi connectivity index (χ4v) is 5.12. The van der Waals surface area contributed by atoms with Crippen LogP contribution in [0.4, 0.5) is 0 Å². The van der Waals surface area contributed by atoms with Gasteiger partial charge in [-0.05, 0) is 41.3 Å². The predicted molar refractivity (Wildman–Crippen MR) is 104 cm³/mol. The maximum absolute atomic E-state index is 12.7. The number of sulfonamides is 1. The van der Waals surface area contributed by atoms with Crippen molar-refractivity contribution in [2.45, 2.75) is 22.0 Å². The van der Waals surface area contributed by atoms with Gasteiger partial charge in [-0.1, -0.05) is 60.7 Å². The van der Waals surface area contributed by atoms with E-state index in [1.807, 2.05) is 0 Å². The number of rotatable bonds is 6. The maximum Gasteiger partial charge on any atom is 0.238 e. The summed E-state index contributed by atoms with van der Waals surface area (Å²) in [6.07, 6.45) is 0.271. The molecule has 0 saturated carbocycles. The molecule has 0 aliphatic carbocycles. The second-order valence-electron chi connectivity index (χ2n) is 6.17. The quantitative estimate of drug-likeness (QED) is 0.687. The van der Waals surface area contributed by atoms with E-state index in [0.29, 0.717) is 11.1 Å². The molecule has 3 rings (SSSR count). The molecule has 0 saturated heterocycles. The van der Waals surface area contributed by atoms with Crippen LogP contribution in [0.15, 0.2) is 88.7 Å². The SMILES string of the molecule is NS(=O)(=O)c1ccccc1Cc1ccccc1CS(=O)(=O)c1ccccc1. The zero-order valence-electron chi connectivity index (χ0n) is 14.4. The summed E-state index contributed by atoms with van der Waals surface area (Å²) < 4.78 is 49.1. The summed E-state index contributed by atoms with van der Waals surface area (Å²) in [7, 11) is -7.37. The van der Waals surface area contributed by atoms with Gasteiger partial charge in [-0.15, -0.1) is 0 Å². The van der Waals surface area contributed by atoms with Crippen molar-refractivity contribution in [1.29, 1.82) is 0 Å². The molecule has 0 atom stereocenters. The molecule has 0 heterocycles. The van der Waals surface area contributed by atoms with Crippen LogP contribution in [0.25, 0.3) is 0 Å². The molecule has 0 amide bonds. The van der Waals surface area contributed by atoms with Gasteiger partial charge in [0.05, 0.1) is 15.5 Å². The first-order chi connectivity index (χ1) is 12.8. The fraction of sp³-hybridized carbons (Fsp3) is 0.100. The molecule has 0 aliphatic rings. The van der Waals surface area contributed by atoms with E-state index in [2.05, 4.69) is 0 Å². The van der Waals surface area contributed by atoms with E-state index < -0.39 is 19.9 Å². The molecule has 7 heteroatoms. The Labute approximate surface area is 159 Å². The lowest BCUT2D eigenvalue weighted by molar-refractivity contribution is 0.593. The van der Waals surface area contributed by atoms with Crippen molar-refractivity contribution in [2.24, 2.45) is 5.14 Å². The van der Waals surface area contributed by atoms with Crippen LogP contribution in [0, 0.1) is 0 Å². The van der Waals surface area contributed by atoms with E-state index in [1.54, 1.807) is 72.8 Å². The highest BCUT2D eigenvalue weighted by Crippen LogP contribution is 2.23. The molecular weight excluding hydrogens is 382 g/mol. The van der Waals surface area contributed by atoms with Crippen molar-refractivity contribution in [3.63, 3.8) is 0 Å². The second kappa shape index (κ2) is 7.64. The van der Waals surface area contributed by atoms with E-state index in [1.165, 1.54) is 6.07 Å². The van der Waals surface area contributed by atoms with Gasteiger partial charge in [0.1, 0.15) is 0 Å². The molecule has 5 nitrogen and oxygen atoms in total. The minimum atomic E-state index is -3.86. The zero-order valence-corrected chi connectivity index (χ0v) is 16.1. The Balaban J connectivity index is 1.97. The Kier molecular flexibility index (Phi) is 5.46. The zero-order chi connectivity index (χ0) is 19.5. The first-order valence-electron chi connectivity index (χ1n) is 8.23. The number of benzene rings is 3. The Bertz CT molecular complexity index is 1160. The van der Waals surface area contributed by atoms with Gasteiger partial charge in [-0.25, -0.2) is 22.0 Å². The Morgan fingerprint density at radius 3 is 1.78 bits per heavy atom. The monoisotopic (exact) mass is 401 g/mol. The summed E-state index contributed by atoms with van der Waals surface area (Å²) in [6, 6.07) is 21.8. The van der Waals surface area contributed by atoms with Gasteiger partial charge < -0.3 is 0 Å². The van der Waals surface area contributed by atoms with Crippen LogP contribution >= 0.6 is 0 Å². The highest BCUT2D eigenvalue weighted by Gasteiger charge is 2.19. The minimum absolute atomic E-state index is 0.0470. The van der Waals surface area contributed by atoms with Gasteiger partial charge in [-0.2, -0.15) is 0 Å². The first kappa shape index (κ1) is 19.3. The molecule has 0 aliphatic heterocycles. The lowest BCUT2D eigenvalue weighted by atomic mass is 10.0. The molecule has 2 N–H and O–H groups in total. The van der Waals surface area contributed by atoms with Crippen LogP contribution in [0.5, 0.6) is 0 Å². The van der Waals surface area contributed by atoms with Crippen molar-refractivity contribution in [3.05, 3.63) is 95.6 Å². The number of hydrogen-bond donors (Lipinski definition) is 1. The molecule has 0 bridgehead atoms. The summed E-state index contributed by atoms with van der Waals surface area (Å²) in [5.41, 5.74) is 1.91. The lowest BCUT2D eigenvalue weighted by Gasteiger charge is -2.12. The van der Waals surface area contributed by atoms with Crippen molar-refractivity contribution in [1.82, 2.24) is 0 Å². The van der Waals surface area contributed by atoms with Gasteiger partial charge in [0.15, 0.2) is 9.84 Å². The Morgan fingerprint density at radius 2 is 1.15 bits per heavy atom. The summed E-state index contributed by atoms with van der Waals surface area (Å²) >= 11 is 0. The highest BCUT2D eigenvalue weighted by molar-refractivity contribution is 7.90. The minimum Gasteiger partial charge on any atom is -0.225 e. The average molecular weight is 402 g/mol. The van der Waals surface area contributed by atoms with Crippen LogP contribution < -0.4 is 5.14 Å². The van der Waals surface area contributed by atoms with E-state index in [-0.39, 0.29) is 22.0 Å². The number of primary sulfonamides is 1. The third-order valence-corrected chi connectivity index (χ3v) is 6.92. The van der Waals surface area contributed by atoms with Crippen molar-refractivity contribution >= 4 is 19.9 Å². The Hall–Kier alpha value is -2.48. The standard InChI is InChI=1S/C20H19NO4S2/c21-27(24,25)20-13-7-6-9-17(20)14-16-8-4-5-10-18(16)15-26(22,23)19-11-2-1-3-12-19/h1-13H,14-15H2,(H2,21,24,25). The van der Waals surface area contributed by atoms with Gasteiger partial charge in [-0.3, -0.25) is 0 Å². The lowest BCUT2D eigenvalue weighted by Crippen LogP contribution is -2.15. The van der Waals surface area contributed by atoms with Gasteiger partial charge in [0.2, 0.25) is 10.0 Å². The summed E-state index contributed by atoms with van der Waals surface area (Å²) in [5, 5.41) is 5.30. The van der Waals surface area contributed by atoms with Crippen molar-refractivity contribution in [2.75, 3.05) is 0 Å². The van der Waals surface area contributed by atoms with E-state index in [4.69, 9.17) is 5.14 Å². The average Bonchev–Trinajstić information content (AvgIpc) is 2.63. The van der Waals surface area contributed by atoms with Gasteiger partial charge in [0.25, 0.3) is 0 Å². The molecular formula is C20H19NO4S2. The third kappa shape index (κ3) is 4.63. The molecule has 27 heavy (non-hydrogen) atoms. The van der Waals surface area contributed by atoms with Gasteiger partial charge >= 0.3 is 0 Å². The second-order valence-corrected chi connectivity index (χ2v) is 9.69. The van der Waals surface area contributed by atoms with E-state index >= 15 is 0 Å². The number of sulfone groups is 1. The molecule has 0 spiro atoms. The molecule has 3 aromatic rings. The largest absolute Gasteiger partial charge is 0.238 e. The van der Waals surface area contributed by atoms with Crippen LogP contribution in [-0.2, 0) is 32.0 Å². The van der Waals surface area contributed by atoms with Crippen LogP contribution in [0.1, 0.15) is 16.7 Å². The summed E-state index contributed by atoms with van der Waals surface area (Å²) in [6.45, 7) is 0. The molecule has 0 fully saturated rings. The van der Waals surface area contributed by atoms with Crippen LogP contribution in [-0.4, -0.2) is 16.8 Å². The highest BCUT2D eigenvalue weighted by atomic mass is 32.2. The smallest absolute Gasteiger partial charge is 0.225 e. The molecule has 0 radical (unpaired) electrons. The molecule has 140 valence electrons. The predicted octanol–water partition coefficient (Wildman–Crippen LogP) is 2.90. The fourth-order valence-electron chi connectivity index (χ4n) is 2.92. The summed E-state index contributed by atoms with van der Waals surface area (Å²) in [4.78, 5) is 0.301. The van der Waals surface area contributed by atoms with Crippen molar-refractivity contribution in [3.8, 4) is 0 Å². The molecule has 0 aromatic heterocycles. The van der Waals surface area contributed by atoms with E-state index in [9.17, 15) is 16.8 Å². The normalized spacial score (nSPS) is 12.0. The Morgan fingerprint density at radius 1 is 0.630 bits per heavy atom. The number of hydrogen-bond acceptors (Lipinski definition) is 4. The molecule has 3 aromatic carbocycles. The topological polar surface area (TPSA) is 94.3 Å². The van der Waals surface area contributed by atoms with Gasteiger partial charge in [0, 0.05) is 0 Å². The third-order valence-electron chi connectivity index (χ3n) is 4.23. The summed E-state index contributed by atoms with van der Waals surface area (Å²) in [5.74, 6) is -0.162.